The number of nitrogens with one attached hydrogen (secondary N) is 1. The molecule has 4 heteroatoms. The predicted molar refractivity (Wildman–Crippen MR) is 109 cm³/mol. The Labute approximate surface area is 163 Å². The summed E-state index contributed by atoms with van der Waals surface area (Å²) in [7, 11) is 0. The van der Waals surface area contributed by atoms with Crippen molar-refractivity contribution in [1.29, 1.82) is 0 Å². The minimum absolute atomic E-state index is 0.448. The summed E-state index contributed by atoms with van der Waals surface area (Å²) in [4.78, 5) is 2.72. The van der Waals surface area contributed by atoms with E-state index in [9.17, 15) is 8.78 Å². The third-order valence-corrected chi connectivity index (χ3v) is 6.43. The first-order valence-corrected chi connectivity index (χ1v) is 10.6. The van der Waals surface area contributed by atoms with Gasteiger partial charge >= 0.3 is 0 Å². The van der Waals surface area contributed by atoms with E-state index in [1.807, 2.05) is 6.92 Å². The van der Waals surface area contributed by atoms with Crippen molar-refractivity contribution in [3.8, 4) is 0 Å². The molecule has 2 nitrogen and oxygen atoms in total. The molecule has 1 N–H and O–H groups in total. The van der Waals surface area contributed by atoms with Crippen LogP contribution in [-0.2, 0) is 0 Å². The van der Waals surface area contributed by atoms with Crippen molar-refractivity contribution in [3.63, 3.8) is 0 Å². The van der Waals surface area contributed by atoms with Crippen molar-refractivity contribution in [1.82, 2.24) is 10.2 Å². The second kappa shape index (κ2) is 9.79. The molecule has 1 heterocycles. The predicted octanol–water partition coefficient (Wildman–Crippen LogP) is 5.39. The third-order valence-electron chi connectivity index (χ3n) is 6.43. The van der Waals surface area contributed by atoms with Crippen molar-refractivity contribution in [2.45, 2.75) is 70.9 Å². The van der Waals surface area contributed by atoms with Crippen molar-refractivity contribution in [2.75, 3.05) is 19.6 Å². The van der Waals surface area contributed by atoms with Crippen molar-refractivity contribution < 1.29 is 8.78 Å². The Morgan fingerprint density at radius 3 is 2.70 bits per heavy atom. The molecular weight excluding hydrogens is 342 g/mol. The van der Waals surface area contributed by atoms with E-state index >= 15 is 0 Å². The maximum absolute atomic E-state index is 13.8. The van der Waals surface area contributed by atoms with Gasteiger partial charge in [-0.2, -0.15) is 0 Å². The Balaban J connectivity index is 1.49. The normalized spacial score (nSPS) is 23.7. The second-order valence-electron chi connectivity index (χ2n) is 8.46. The van der Waals surface area contributed by atoms with Gasteiger partial charge in [-0.15, -0.1) is 0 Å². The standard InChI is InChI=1S/C23H34F2N2/c1-17(13-20-10-11-21(24)14-23(20)25)15-26-16-22-9-6-12-27(22)18(2)19-7-4-3-5-8-19/h10-11,13-14,18-19,22,26H,3-9,12,15-16H2,1-2H3. The van der Waals surface area contributed by atoms with Gasteiger partial charge in [0.15, 0.2) is 0 Å². The van der Waals surface area contributed by atoms with Crippen LogP contribution in [-0.4, -0.2) is 36.6 Å². The van der Waals surface area contributed by atoms with Crippen LogP contribution in [0, 0.1) is 17.6 Å². The van der Waals surface area contributed by atoms with Crippen molar-refractivity contribution >= 4 is 6.08 Å². The molecule has 1 saturated heterocycles. The quantitative estimate of drug-likeness (QED) is 0.686. The summed E-state index contributed by atoms with van der Waals surface area (Å²) in [6, 6.07) is 5.04. The molecule has 0 aromatic heterocycles. The number of nitrogens with zero attached hydrogens (tertiary/aromatic N) is 1. The van der Waals surface area contributed by atoms with Gasteiger partial charge in [0.1, 0.15) is 11.6 Å². The number of halogens is 2. The molecule has 3 rings (SSSR count). The Kier molecular flexibility index (Phi) is 7.42. The highest BCUT2D eigenvalue weighted by atomic mass is 19.1. The van der Waals surface area contributed by atoms with Crippen LogP contribution in [0.3, 0.4) is 0 Å². The Morgan fingerprint density at radius 1 is 1.19 bits per heavy atom. The molecule has 2 fully saturated rings. The average Bonchev–Trinajstić information content (AvgIpc) is 3.12. The van der Waals surface area contributed by atoms with E-state index < -0.39 is 11.6 Å². The second-order valence-corrected chi connectivity index (χ2v) is 8.46. The van der Waals surface area contributed by atoms with Gasteiger partial charge in [0.25, 0.3) is 0 Å². The zero-order valence-corrected chi connectivity index (χ0v) is 16.8. The summed E-state index contributed by atoms with van der Waals surface area (Å²) in [6.07, 6.45) is 11.4. The lowest BCUT2D eigenvalue weighted by Crippen LogP contribution is -2.46. The van der Waals surface area contributed by atoms with Gasteiger partial charge < -0.3 is 5.32 Å². The number of rotatable bonds is 7. The van der Waals surface area contributed by atoms with E-state index in [0.717, 1.165) is 30.6 Å². The molecule has 2 aliphatic rings. The van der Waals surface area contributed by atoms with Crippen molar-refractivity contribution in [2.24, 2.45) is 5.92 Å². The van der Waals surface area contributed by atoms with Gasteiger partial charge in [0.2, 0.25) is 0 Å². The highest BCUT2D eigenvalue weighted by Crippen LogP contribution is 2.32. The van der Waals surface area contributed by atoms with Crippen molar-refractivity contribution in [3.05, 3.63) is 41.0 Å². The van der Waals surface area contributed by atoms with Crippen LogP contribution >= 0.6 is 0 Å². The van der Waals surface area contributed by atoms with E-state index in [4.69, 9.17) is 0 Å². The molecule has 150 valence electrons. The summed E-state index contributed by atoms with van der Waals surface area (Å²) in [5.41, 5.74) is 1.51. The zero-order valence-electron chi connectivity index (χ0n) is 16.8. The molecule has 1 aromatic rings. The molecule has 0 amide bonds. The topological polar surface area (TPSA) is 15.3 Å². The summed E-state index contributed by atoms with van der Waals surface area (Å²) in [6.45, 7) is 7.36. The average molecular weight is 377 g/mol. The third kappa shape index (κ3) is 5.61. The van der Waals surface area contributed by atoms with E-state index in [0.29, 0.717) is 17.6 Å². The molecule has 1 aromatic carbocycles. The molecule has 0 radical (unpaired) electrons. The summed E-state index contributed by atoms with van der Waals surface area (Å²) in [5, 5.41) is 3.56. The first-order valence-electron chi connectivity index (χ1n) is 10.6. The fraction of sp³-hybridized carbons (Fsp3) is 0.652. The molecule has 1 saturated carbocycles. The van der Waals surface area contributed by atoms with Crippen LogP contribution in [0.5, 0.6) is 0 Å². The Morgan fingerprint density at radius 2 is 1.96 bits per heavy atom. The van der Waals surface area contributed by atoms with E-state index in [-0.39, 0.29) is 0 Å². The van der Waals surface area contributed by atoms with E-state index in [1.54, 1.807) is 6.08 Å². The molecule has 0 spiro atoms. The van der Waals surface area contributed by atoms with Gasteiger partial charge in [0, 0.05) is 36.8 Å². The molecule has 1 aliphatic carbocycles. The van der Waals surface area contributed by atoms with Gasteiger partial charge in [-0.3, -0.25) is 4.90 Å². The van der Waals surface area contributed by atoms with Gasteiger partial charge in [-0.25, -0.2) is 8.78 Å². The SMILES string of the molecule is CC(=Cc1ccc(F)cc1F)CNCC1CCCN1C(C)C1CCCCC1. The monoisotopic (exact) mass is 376 g/mol. The zero-order chi connectivity index (χ0) is 19.2. The molecule has 0 bridgehead atoms. The van der Waals surface area contributed by atoms with Gasteiger partial charge in [0.05, 0.1) is 0 Å². The highest BCUT2D eigenvalue weighted by Gasteiger charge is 2.32. The summed E-state index contributed by atoms with van der Waals surface area (Å²) in [5.74, 6) is -0.172. The maximum atomic E-state index is 13.8. The highest BCUT2D eigenvalue weighted by molar-refractivity contribution is 5.53. The van der Waals surface area contributed by atoms with Gasteiger partial charge in [-0.05, 0) is 64.1 Å². The fourth-order valence-corrected chi connectivity index (χ4v) is 4.87. The molecular formula is C23H34F2N2. The van der Waals surface area contributed by atoms with Gasteiger partial charge in [-0.1, -0.05) is 30.9 Å². The molecule has 1 aliphatic heterocycles. The Hall–Kier alpha value is -1.26. The number of benzene rings is 1. The minimum Gasteiger partial charge on any atom is -0.311 e. The molecule has 2 unspecified atom stereocenters. The minimum atomic E-state index is -0.533. The van der Waals surface area contributed by atoms with Crippen LogP contribution in [0.15, 0.2) is 23.8 Å². The van der Waals surface area contributed by atoms with E-state index in [2.05, 4.69) is 17.1 Å². The first kappa shape index (κ1) is 20.5. The largest absolute Gasteiger partial charge is 0.311 e. The van der Waals surface area contributed by atoms with Crippen LogP contribution < -0.4 is 5.32 Å². The molecule has 27 heavy (non-hydrogen) atoms. The lowest BCUT2D eigenvalue weighted by atomic mass is 9.84. The summed E-state index contributed by atoms with van der Waals surface area (Å²) < 4.78 is 26.8. The smallest absolute Gasteiger partial charge is 0.133 e. The summed E-state index contributed by atoms with van der Waals surface area (Å²) >= 11 is 0. The van der Waals surface area contributed by atoms with E-state index in [1.165, 1.54) is 63.6 Å². The Bertz CT molecular complexity index is 637. The fourth-order valence-electron chi connectivity index (χ4n) is 4.87. The van der Waals surface area contributed by atoms with Crippen LogP contribution in [0.25, 0.3) is 6.08 Å². The molecule has 2 atom stereocenters. The number of hydrogen-bond acceptors (Lipinski definition) is 2. The van der Waals surface area contributed by atoms with Crippen LogP contribution in [0.4, 0.5) is 8.78 Å². The first-order chi connectivity index (χ1) is 13.0. The number of likely N-dealkylation sites (tertiary alicyclic amines) is 1. The van der Waals surface area contributed by atoms with Crippen LogP contribution in [0.1, 0.15) is 64.4 Å². The lowest BCUT2D eigenvalue weighted by Gasteiger charge is -2.38. The maximum Gasteiger partial charge on any atom is 0.133 e. The number of hydrogen-bond donors (Lipinski definition) is 1. The lowest BCUT2D eigenvalue weighted by molar-refractivity contribution is 0.117. The van der Waals surface area contributed by atoms with Crippen LogP contribution in [0.2, 0.25) is 0 Å².